The van der Waals surface area contributed by atoms with Crippen LogP contribution in [0.4, 0.5) is 10.1 Å². The summed E-state index contributed by atoms with van der Waals surface area (Å²) in [5, 5.41) is 2.88. The molecule has 2 aliphatic rings. The number of nitrogens with zero attached hydrogens (tertiary/aromatic N) is 1. The lowest BCUT2D eigenvalue weighted by Crippen LogP contribution is -2.42. The first kappa shape index (κ1) is 23.0. The Labute approximate surface area is 190 Å². The third-order valence-electron chi connectivity index (χ3n) is 5.61. The zero-order valence-electron chi connectivity index (χ0n) is 17.8. The van der Waals surface area contributed by atoms with Gasteiger partial charge in [0.2, 0.25) is 28.6 Å². The Hall–Kier alpha value is -3.18. The number of piperidine rings is 1. The van der Waals surface area contributed by atoms with Gasteiger partial charge in [0.1, 0.15) is 5.82 Å². The van der Waals surface area contributed by atoms with Gasteiger partial charge in [-0.3, -0.25) is 9.59 Å². The van der Waals surface area contributed by atoms with E-state index in [0.717, 1.165) is 12.1 Å². The minimum Gasteiger partial charge on any atom is -0.454 e. The predicted octanol–water partition coefficient (Wildman–Crippen LogP) is 2.10. The molecule has 2 aromatic rings. The molecule has 1 fully saturated rings. The summed E-state index contributed by atoms with van der Waals surface area (Å²) < 4.78 is 50.3. The van der Waals surface area contributed by atoms with Crippen molar-refractivity contribution in [3.63, 3.8) is 0 Å². The number of hydrogen-bond acceptors (Lipinski definition) is 6. The van der Waals surface area contributed by atoms with E-state index in [-0.39, 0.29) is 42.4 Å². The van der Waals surface area contributed by atoms with E-state index in [0.29, 0.717) is 43.1 Å². The smallest absolute Gasteiger partial charge is 0.240 e. The SMILES string of the molecule is O=C(Nc1ccc2c(c1)OCO2)C1CCN(C(=O)CCNS(=O)(=O)c2ccc(F)cc2)CC1. The molecular formula is C22H24FN3O6S. The standard InChI is InChI=1S/C22H24FN3O6S/c23-16-1-4-18(5-2-16)33(29,30)24-10-7-21(27)26-11-8-15(9-12-26)22(28)25-17-3-6-19-20(13-17)32-14-31-19/h1-6,13,15,24H,7-12,14H2,(H,25,28). The minimum absolute atomic E-state index is 0.00547. The summed E-state index contributed by atoms with van der Waals surface area (Å²) in [6.45, 7) is 0.932. The first-order chi connectivity index (χ1) is 15.8. The van der Waals surface area contributed by atoms with E-state index in [1.54, 1.807) is 23.1 Å². The molecular weight excluding hydrogens is 453 g/mol. The lowest BCUT2D eigenvalue weighted by molar-refractivity contribution is -0.134. The van der Waals surface area contributed by atoms with E-state index >= 15 is 0 Å². The Bertz CT molecular complexity index is 1130. The van der Waals surface area contributed by atoms with Crippen molar-refractivity contribution >= 4 is 27.5 Å². The van der Waals surface area contributed by atoms with Crippen LogP contribution in [0.3, 0.4) is 0 Å². The number of halogens is 1. The quantitative estimate of drug-likeness (QED) is 0.631. The van der Waals surface area contributed by atoms with Crippen LogP contribution < -0.4 is 19.5 Å². The number of likely N-dealkylation sites (tertiary alicyclic amines) is 1. The fraction of sp³-hybridized carbons (Fsp3) is 0.364. The highest BCUT2D eigenvalue weighted by atomic mass is 32.2. The number of carbonyl (C=O) groups excluding carboxylic acids is 2. The Morgan fingerprint density at radius 1 is 1.03 bits per heavy atom. The fourth-order valence-electron chi connectivity index (χ4n) is 3.76. The van der Waals surface area contributed by atoms with Gasteiger partial charge in [-0.05, 0) is 49.2 Å². The molecule has 2 heterocycles. The van der Waals surface area contributed by atoms with Gasteiger partial charge in [0.25, 0.3) is 0 Å². The largest absolute Gasteiger partial charge is 0.454 e. The van der Waals surface area contributed by atoms with Crippen molar-refractivity contribution in [2.24, 2.45) is 5.92 Å². The molecule has 4 rings (SSSR count). The fourth-order valence-corrected chi connectivity index (χ4v) is 4.79. The number of sulfonamides is 1. The molecule has 2 aromatic carbocycles. The topological polar surface area (TPSA) is 114 Å². The Balaban J connectivity index is 1.21. The summed E-state index contributed by atoms with van der Waals surface area (Å²) in [5.74, 6) is 0.163. The van der Waals surface area contributed by atoms with Crippen molar-refractivity contribution in [1.29, 1.82) is 0 Å². The van der Waals surface area contributed by atoms with Gasteiger partial charge in [-0.1, -0.05) is 0 Å². The van der Waals surface area contributed by atoms with E-state index in [9.17, 15) is 22.4 Å². The van der Waals surface area contributed by atoms with E-state index in [4.69, 9.17) is 9.47 Å². The van der Waals surface area contributed by atoms with Crippen molar-refractivity contribution in [3.8, 4) is 11.5 Å². The maximum atomic E-state index is 13.0. The number of amides is 2. The molecule has 0 aromatic heterocycles. The average molecular weight is 478 g/mol. The molecule has 9 nitrogen and oxygen atoms in total. The summed E-state index contributed by atoms with van der Waals surface area (Å²) in [5.41, 5.74) is 0.621. The highest BCUT2D eigenvalue weighted by Gasteiger charge is 2.28. The molecule has 0 bridgehead atoms. The second-order valence-corrected chi connectivity index (χ2v) is 9.58. The first-order valence-electron chi connectivity index (χ1n) is 10.6. The molecule has 0 unspecified atom stereocenters. The Morgan fingerprint density at radius 3 is 2.45 bits per heavy atom. The van der Waals surface area contributed by atoms with Gasteiger partial charge in [-0.15, -0.1) is 0 Å². The molecule has 2 N–H and O–H groups in total. The molecule has 0 saturated carbocycles. The number of hydrogen-bond donors (Lipinski definition) is 2. The van der Waals surface area contributed by atoms with Gasteiger partial charge in [-0.2, -0.15) is 0 Å². The average Bonchev–Trinajstić information content (AvgIpc) is 3.27. The van der Waals surface area contributed by atoms with Crippen LogP contribution >= 0.6 is 0 Å². The zero-order chi connectivity index (χ0) is 23.4. The van der Waals surface area contributed by atoms with E-state index in [2.05, 4.69) is 10.0 Å². The molecule has 0 spiro atoms. The molecule has 2 amide bonds. The van der Waals surface area contributed by atoms with Crippen molar-refractivity contribution in [2.75, 3.05) is 31.7 Å². The highest BCUT2D eigenvalue weighted by molar-refractivity contribution is 7.89. The summed E-state index contributed by atoms with van der Waals surface area (Å²) in [6, 6.07) is 9.66. The molecule has 0 aliphatic carbocycles. The van der Waals surface area contributed by atoms with Gasteiger partial charge in [0.05, 0.1) is 4.90 Å². The van der Waals surface area contributed by atoms with E-state index < -0.39 is 15.8 Å². The molecule has 11 heteroatoms. The molecule has 2 aliphatic heterocycles. The third-order valence-corrected chi connectivity index (χ3v) is 7.09. The van der Waals surface area contributed by atoms with Crippen LogP contribution in [0.5, 0.6) is 11.5 Å². The number of benzene rings is 2. The number of nitrogens with one attached hydrogen (secondary N) is 2. The van der Waals surface area contributed by atoms with Crippen LogP contribution in [0, 0.1) is 11.7 Å². The lowest BCUT2D eigenvalue weighted by Gasteiger charge is -2.31. The number of carbonyl (C=O) groups is 2. The normalized spacial score (nSPS) is 16.0. The summed E-state index contributed by atoms with van der Waals surface area (Å²) in [4.78, 5) is 26.6. The van der Waals surface area contributed by atoms with Crippen molar-refractivity contribution < 1.29 is 31.9 Å². The molecule has 0 atom stereocenters. The summed E-state index contributed by atoms with van der Waals surface area (Å²) >= 11 is 0. The third kappa shape index (κ3) is 5.60. The van der Waals surface area contributed by atoms with Gasteiger partial charge >= 0.3 is 0 Å². The Morgan fingerprint density at radius 2 is 1.73 bits per heavy atom. The summed E-state index contributed by atoms with van der Waals surface area (Å²) in [6.07, 6.45) is 1.03. The van der Waals surface area contributed by atoms with E-state index in [1.807, 2.05) is 0 Å². The van der Waals surface area contributed by atoms with Gasteiger partial charge < -0.3 is 19.7 Å². The predicted molar refractivity (Wildman–Crippen MR) is 117 cm³/mol. The van der Waals surface area contributed by atoms with E-state index in [1.165, 1.54) is 12.1 Å². The van der Waals surface area contributed by atoms with Crippen molar-refractivity contribution in [1.82, 2.24) is 9.62 Å². The van der Waals surface area contributed by atoms with Crippen LogP contribution in [0.2, 0.25) is 0 Å². The number of rotatable bonds is 7. The zero-order valence-corrected chi connectivity index (χ0v) is 18.6. The van der Waals surface area contributed by atoms with Crippen LogP contribution in [0.15, 0.2) is 47.4 Å². The monoisotopic (exact) mass is 477 g/mol. The van der Waals surface area contributed by atoms with Crippen molar-refractivity contribution in [2.45, 2.75) is 24.2 Å². The number of anilines is 1. The van der Waals surface area contributed by atoms with Gasteiger partial charge in [0.15, 0.2) is 11.5 Å². The molecule has 0 radical (unpaired) electrons. The second-order valence-electron chi connectivity index (χ2n) is 7.81. The Kier molecular flexibility index (Phi) is 6.80. The van der Waals surface area contributed by atoms with Gasteiger partial charge in [0, 0.05) is 43.7 Å². The first-order valence-corrected chi connectivity index (χ1v) is 12.0. The molecule has 33 heavy (non-hydrogen) atoms. The molecule has 1 saturated heterocycles. The van der Waals surface area contributed by atoms with Crippen LogP contribution in [0.25, 0.3) is 0 Å². The second kappa shape index (κ2) is 9.75. The summed E-state index contributed by atoms with van der Waals surface area (Å²) in [7, 11) is -3.81. The number of ether oxygens (including phenoxy) is 2. The van der Waals surface area contributed by atoms with Crippen molar-refractivity contribution in [3.05, 3.63) is 48.3 Å². The minimum atomic E-state index is -3.81. The highest BCUT2D eigenvalue weighted by Crippen LogP contribution is 2.34. The van der Waals surface area contributed by atoms with Crippen LogP contribution in [-0.4, -0.2) is 51.6 Å². The van der Waals surface area contributed by atoms with Gasteiger partial charge in [-0.25, -0.2) is 17.5 Å². The number of fused-ring (bicyclic) bond motifs is 1. The maximum Gasteiger partial charge on any atom is 0.240 e. The van der Waals surface area contributed by atoms with Crippen LogP contribution in [0.1, 0.15) is 19.3 Å². The molecule has 176 valence electrons. The maximum absolute atomic E-state index is 13.0. The lowest BCUT2D eigenvalue weighted by atomic mass is 9.95. The van der Waals surface area contributed by atoms with Crippen LogP contribution in [-0.2, 0) is 19.6 Å².